The maximum atomic E-state index is 14.3. The van der Waals surface area contributed by atoms with Gasteiger partial charge in [-0.05, 0) is 63.2 Å². The fourth-order valence-corrected chi connectivity index (χ4v) is 9.67. The van der Waals surface area contributed by atoms with Crippen molar-refractivity contribution in [1.82, 2.24) is 35.0 Å². The molecule has 3 rings (SSSR count). The lowest BCUT2D eigenvalue weighted by Crippen LogP contribution is -2.59. The predicted octanol–water partition coefficient (Wildman–Crippen LogP) is 1.34. The highest BCUT2D eigenvalue weighted by molar-refractivity contribution is 7.90. The van der Waals surface area contributed by atoms with Crippen molar-refractivity contribution in [3.05, 3.63) is 30.1 Å². The van der Waals surface area contributed by atoms with Crippen LogP contribution in [0.3, 0.4) is 0 Å². The molecule has 0 unspecified atom stereocenters. The summed E-state index contributed by atoms with van der Waals surface area (Å²) in [5.41, 5.74) is 0.456. The molecule has 2 heterocycles. The Balaban J connectivity index is 1.84. The molecule has 5 amide bonds. The molecule has 1 aliphatic carbocycles. The number of hydrogen-bond acceptors (Lipinski definition) is 12. The number of aromatic nitrogens is 1. The summed E-state index contributed by atoms with van der Waals surface area (Å²) in [6, 6.07) is 1.15. The fourth-order valence-electron chi connectivity index (χ4n) is 8.32. The minimum absolute atomic E-state index is 0.00116. The summed E-state index contributed by atoms with van der Waals surface area (Å²) in [7, 11) is 4.27. The van der Waals surface area contributed by atoms with E-state index < -0.39 is 81.5 Å². The van der Waals surface area contributed by atoms with Crippen LogP contribution < -0.4 is 15.4 Å². The number of amides is 5. The van der Waals surface area contributed by atoms with Crippen molar-refractivity contribution in [1.29, 1.82) is 0 Å². The number of ether oxygens (including phenoxy) is 2. The van der Waals surface area contributed by atoms with Crippen molar-refractivity contribution in [3.8, 4) is 0 Å². The number of carbonyl (C=O) groups excluding carboxylic acids is 5. The predicted molar refractivity (Wildman–Crippen MR) is 227 cm³/mol. The molecule has 1 aliphatic heterocycles. The maximum Gasteiger partial charge on any atom is 0.256 e. The molecule has 60 heavy (non-hydrogen) atoms. The van der Waals surface area contributed by atoms with Gasteiger partial charge < -0.3 is 35.0 Å². The molecule has 0 spiro atoms. The Morgan fingerprint density at radius 3 is 2.08 bits per heavy atom. The smallest absolute Gasteiger partial charge is 0.256 e. The van der Waals surface area contributed by atoms with Gasteiger partial charge in [-0.15, -0.1) is 0 Å². The Morgan fingerprint density at radius 2 is 1.58 bits per heavy atom. The molecule has 2 aliphatic rings. The van der Waals surface area contributed by atoms with Gasteiger partial charge >= 0.3 is 0 Å². The molecule has 10 atom stereocenters. The fraction of sp³-hybridized carbons (Fsp3) is 0.762. The number of sulfonamides is 1. The summed E-state index contributed by atoms with van der Waals surface area (Å²) in [6.45, 7) is 13.1. The molecule has 0 bridgehead atoms. The normalized spacial score (nSPS) is 21.1. The minimum Gasteiger partial charge on any atom is -0.391 e. The molecule has 0 radical (unpaired) electrons. The molecule has 18 heteroatoms. The van der Waals surface area contributed by atoms with Crippen LogP contribution in [0, 0.1) is 23.7 Å². The summed E-state index contributed by atoms with van der Waals surface area (Å²) in [5, 5.41) is 16.0. The van der Waals surface area contributed by atoms with Gasteiger partial charge in [0.15, 0.2) is 0 Å². The Labute approximate surface area is 357 Å². The number of aliphatic hydroxyl groups excluding tert-OH is 1. The number of likely N-dealkylation sites (N-methyl/N-ethyl adjacent to an activating group) is 2. The van der Waals surface area contributed by atoms with Gasteiger partial charge in [0.2, 0.25) is 33.7 Å². The monoisotopic (exact) mass is 865 g/mol. The number of nitrogens with one attached hydrogen (secondary N) is 3. The summed E-state index contributed by atoms with van der Waals surface area (Å²) in [5.74, 6) is -3.81. The second kappa shape index (κ2) is 22.4. The zero-order valence-electron chi connectivity index (χ0n) is 37.6. The third-order valence-electron chi connectivity index (χ3n) is 11.9. The molecule has 1 saturated heterocycles. The van der Waals surface area contributed by atoms with Gasteiger partial charge in [-0.2, -0.15) is 0 Å². The van der Waals surface area contributed by atoms with E-state index in [-0.39, 0.29) is 61.3 Å². The summed E-state index contributed by atoms with van der Waals surface area (Å²) in [6.07, 6.45) is 0.273. The first kappa shape index (κ1) is 50.6. The van der Waals surface area contributed by atoms with Crippen LogP contribution in [0.15, 0.2) is 24.4 Å². The van der Waals surface area contributed by atoms with E-state index in [9.17, 15) is 37.5 Å². The molecule has 1 aromatic rings. The lowest BCUT2D eigenvalue weighted by molar-refractivity contribution is -0.148. The average Bonchev–Trinajstić information content (AvgIpc) is 3.98. The van der Waals surface area contributed by atoms with Crippen molar-refractivity contribution < 1.29 is 47.0 Å². The quantitative estimate of drug-likeness (QED) is 0.123. The lowest BCUT2D eigenvalue weighted by atomic mass is 9.89. The van der Waals surface area contributed by atoms with Gasteiger partial charge in [-0.1, -0.05) is 61.0 Å². The minimum atomic E-state index is -3.91. The van der Waals surface area contributed by atoms with Crippen molar-refractivity contribution in [2.24, 2.45) is 23.7 Å². The highest BCUT2D eigenvalue weighted by Crippen LogP contribution is 2.31. The molecule has 1 saturated carbocycles. The first-order chi connectivity index (χ1) is 28.1. The standard InChI is InChI=1S/C42H71N7O10S/c1-13-26(6)37(48(10)42(55)35(24(2)3)45-41(54)36(25(4)5)47(8)9)33(58-11)22-34(51)49-23-29(50)21-32(49)38(59-12)27(7)39(52)44-31(20-28-16-14-15-19-43-28)40(53)46-60(56,57)30-17-18-30/h14-16,19,24-27,29-33,35-38,50H,13,17-18,20-23H2,1-12H3,(H,44,52)(H,45,54)(H,46,53)/t26-,27+,29+,31-,32-,33+,35-,36-,37-,38+/m0/s1. The van der Waals surface area contributed by atoms with Crippen molar-refractivity contribution >= 4 is 39.6 Å². The van der Waals surface area contributed by atoms with E-state index in [0.717, 1.165) is 0 Å². The van der Waals surface area contributed by atoms with E-state index in [2.05, 4.69) is 20.3 Å². The number of pyridine rings is 1. The van der Waals surface area contributed by atoms with Crippen molar-refractivity contribution in [2.75, 3.05) is 41.9 Å². The van der Waals surface area contributed by atoms with Gasteiger partial charge in [0.1, 0.15) is 12.1 Å². The lowest BCUT2D eigenvalue weighted by Gasteiger charge is -2.41. The first-order valence-corrected chi connectivity index (χ1v) is 22.7. The van der Waals surface area contributed by atoms with E-state index in [1.807, 2.05) is 60.5 Å². The highest BCUT2D eigenvalue weighted by atomic mass is 32.2. The van der Waals surface area contributed by atoms with Crippen LogP contribution >= 0.6 is 0 Å². The molecule has 1 aromatic heterocycles. The molecular formula is C42H71N7O10S. The number of rotatable bonds is 23. The number of hydrogen-bond donors (Lipinski definition) is 4. The van der Waals surface area contributed by atoms with Crippen LogP contribution in [0.25, 0.3) is 0 Å². The van der Waals surface area contributed by atoms with Gasteiger partial charge in [-0.25, -0.2) is 8.42 Å². The topological polar surface area (TPSA) is 217 Å². The number of aliphatic hydroxyl groups is 1. The van der Waals surface area contributed by atoms with Crippen LogP contribution in [0.5, 0.6) is 0 Å². The van der Waals surface area contributed by atoms with E-state index in [1.165, 1.54) is 25.3 Å². The highest BCUT2D eigenvalue weighted by Gasteiger charge is 2.46. The molecule has 340 valence electrons. The Morgan fingerprint density at radius 1 is 0.933 bits per heavy atom. The number of carbonyl (C=O) groups is 5. The van der Waals surface area contributed by atoms with Crippen molar-refractivity contribution in [3.63, 3.8) is 0 Å². The van der Waals surface area contributed by atoms with Gasteiger partial charge in [-0.3, -0.25) is 38.6 Å². The number of methoxy groups -OCH3 is 2. The largest absolute Gasteiger partial charge is 0.391 e. The molecule has 17 nitrogen and oxygen atoms in total. The van der Waals surface area contributed by atoms with Crippen LogP contribution in [-0.2, 0) is 49.9 Å². The number of nitrogens with zero attached hydrogens (tertiary/aromatic N) is 4. The second-order valence-electron chi connectivity index (χ2n) is 17.5. The van der Waals surface area contributed by atoms with Crippen LogP contribution in [0.2, 0.25) is 0 Å². The van der Waals surface area contributed by atoms with Crippen LogP contribution in [-0.4, -0.2) is 158 Å². The van der Waals surface area contributed by atoms with E-state index in [1.54, 1.807) is 37.1 Å². The summed E-state index contributed by atoms with van der Waals surface area (Å²) < 4.78 is 39.3. The third kappa shape index (κ3) is 13.1. The van der Waals surface area contributed by atoms with E-state index in [0.29, 0.717) is 25.0 Å². The molecule has 4 N–H and O–H groups in total. The Kier molecular flexibility index (Phi) is 18.9. The SMILES string of the molecule is CC[C@H](C)[C@@H]([C@@H](CC(=O)N1C[C@H](O)C[C@H]1[C@H](OC)[C@@H](C)C(=O)N[C@@H](Cc1ccccn1)C(=O)NS(=O)(=O)C1CC1)OC)N(C)C(=O)[C@@H](NC(=O)[C@H](C(C)C)N(C)C)C(C)C. The number of likely N-dealkylation sites (tertiary alicyclic amines) is 1. The summed E-state index contributed by atoms with van der Waals surface area (Å²) >= 11 is 0. The average molecular weight is 866 g/mol. The number of β-amino-alcohol motifs (C(OH)–C–C–N with tert-alkyl or cyclic N) is 1. The van der Waals surface area contributed by atoms with Gasteiger partial charge in [0, 0.05) is 46.1 Å². The Hall–Kier alpha value is -3.71. The van der Waals surface area contributed by atoms with Crippen LogP contribution in [0.1, 0.15) is 86.3 Å². The molecular weight excluding hydrogens is 795 g/mol. The molecule has 2 fully saturated rings. The zero-order chi connectivity index (χ0) is 45.2. The summed E-state index contributed by atoms with van der Waals surface area (Å²) in [4.78, 5) is 78.5. The van der Waals surface area contributed by atoms with Crippen molar-refractivity contribution in [2.45, 2.75) is 141 Å². The van der Waals surface area contributed by atoms with Crippen LogP contribution in [0.4, 0.5) is 0 Å². The van der Waals surface area contributed by atoms with Gasteiger partial charge in [0.05, 0.1) is 54.0 Å². The maximum absolute atomic E-state index is 14.3. The first-order valence-electron chi connectivity index (χ1n) is 21.1. The van der Waals surface area contributed by atoms with E-state index in [4.69, 9.17) is 9.47 Å². The zero-order valence-corrected chi connectivity index (χ0v) is 38.4. The molecule has 0 aromatic carbocycles. The van der Waals surface area contributed by atoms with E-state index >= 15 is 0 Å². The Bertz CT molecular complexity index is 1700. The second-order valence-corrected chi connectivity index (χ2v) is 19.4. The van der Waals surface area contributed by atoms with Gasteiger partial charge in [0.25, 0.3) is 5.91 Å². The third-order valence-corrected chi connectivity index (χ3v) is 13.8.